The smallest absolute Gasteiger partial charge is 0.0176 e. The fraction of sp³-hybridized carbons (Fsp3) is 1.00. The second-order valence-electron chi connectivity index (χ2n) is 6.85. The van der Waals surface area contributed by atoms with E-state index in [1.807, 2.05) is 0 Å². The highest BCUT2D eigenvalue weighted by Gasteiger charge is 2.24. The van der Waals surface area contributed by atoms with Gasteiger partial charge >= 0.3 is 0 Å². The van der Waals surface area contributed by atoms with Gasteiger partial charge in [0.15, 0.2) is 0 Å². The van der Waals surface area contributed by atoms with Crippen molar-refractivity contribution in [2.24, 2.45) is 0 Å². The van der Waals surface area contributed by atoms with Crippen LogP contribution in [0.2, 0.25) is 0 Å². The SMILES string of the molecule is CCCCCCCCCC(CC)(CC)NCCCCCC. The van der Waals surface area contributed by atoms with Gasteiger partial charge in [0.2, 0.25) is 0 Å². The van der Waals surface area contributed by atoms with Crippen LogP contribution in [-0.4, -0.2) is 12.1 Å². The maximum absolute atomic E-state index is 3.90. The Bertz CT molecular complexity index is 196. The van der Waals surface area contributed by atoms with Crippen LogP contribution in [-0.2, 0) is 0 Å². The van der Waals surface area contributed by atoms with Gasteiger partial charge in [-0.2, -0.15) is 0 Å². The van der Waals surface area contributed by atoms with E-state index in [-0.39, 0.29) is 0 Å². The predicted molar refractivity (Wildman–Crippen MR) is 98.1 cm³/mol. The summed E-state index contributed by atoms with van der Waals surface area (Å²) in [6.07, 6.45) is 19.4. The molecule has 1 nitrogen and oxygen atoms in total. The third kappa shape index (κ3) is 11.2. The summed E-state index contributed by atoms with van der Waals surface area (Å²) in [6.45, 7) is 10.5. The van der Waals surface area contributed by atoms with Crippen LogP contribution in [0, 0.1) is 0 Å². The van der Waals surface area contributed by atoms with Crippen molar-refractivity contribution in [2.45, 2.75) is 123 Å². The normalized spacial score (nSPS) is 12.0. The van der Waals surface area contributed by atoms with E-state index in [0.29, 0.717) is 5.54 Å². The van der Waals surface area contributed by atoms with Gasteiger partial charge in [-0.05, 0) is 32.2 Å². The second kappa shape index (κ2) is 14.9. The van der Waals surface area contributed by atoms with Crippen LogP contribution < -0.4 is 5.32 Å². The van der Waals surface area contributed by atoms with Gasteiger partial charge in [-0.25, -0.2) is 0 Å². The fourth-order valence-electron chi connectivity index (χ4n) is 3.27. The topological polar surface area (TPSA) is 12.0 Å². The molecule has 1 N–H and O–H groups in total. The maximum atomic E-state index is 3.90. The van der Waals surface area contributed by atoms with Gasteiger partial charge in [-0.3, -0.25) is 0 Å². The first-order chi connectivity index (χ1) is 10.2. The quantitative estimate of drug-likeness (QED) is 0.307. The third-order valence-corrected chi connectivity index (χ3v) is 5.14. The highest BCUT2D eigenvalue weighted by molar-refractivity contribution is 4.85. The van der Waals surface area contributed by atoms with Crippen molar-refractivity contribution in [2.75, 3.05) is 6.54 Å². The lowest BCUT2D eigenvalue weighted by atomic mass is 9.86. The zero-order valence-corrected chi connectivity index (χ0v) is 15.6. The van der Waals surface area contributed by atoms with Crippen molar-refractivity contribution in [3.05, 3.63) is 0 Å². The molecule has 0 fully saturated rings. The first kappa shape index (κ1) is 21.0. The molecule has 0 bridgehead atoms. The molecule has 0 atom stereocenters. The van der Waals surface area contributed by atoms with Crippen LogP contribution in [0.1, 0.15) is 118 Å². The lowest BCUT2D eigenvalue weighted by molar-refractivity contribution is 0.268. The first-order valence-electron chi connectivity index (χ1n) is 9.99. The van der Waals surface area contributed by atoms with Crippen LogP contribution in [0.15, 0.2) is 0 Å². The van der Waals surface area contributed by atoms with Gasteiger partial charge in [-0.15, -0.1) is 0 Å². The molecule has 0 rings (SSSR count). The van der Waals surface area contributed by atoms with Crippen molar-refractivity contribution < 1.29 is 0 Å². The number of unbranched alkanes of at least 4 members (excludes halogenated alkanes) is 9. The fourth-order valence-corrected chi connectivity index (χ4v) is 3.27. The van der Waals surface area contributed by atoms with E-state index < -0.39 is 0 Å². The van der Waals surface area contributed by atoms with Crippen molar-refractivity contribution >= 4 is 0 Å². The average Bonchev–Trinajstić information content (AvgIpc) is 2.52. The molecule has 0 amide bonds. The number of rotatable bonds is 16. The van der Waals surface area contributed by atoms with Gasteiger partial charge in [0.05, 0.1) is 0 Å². The minimum atomic E-state index is 0.426. The predicted octanol–water partition coefficient (Wildman–Crippen LogP) is 6.86. The molecular weight excluding hydrogens is 254 g/mol. The van der Waals surface area contributed by atoms with Gasteiger partial charge in [0.25, 0.3) is 0 Å². The summed E-state index contributed by atoms with van der Waals surface area (Å²) in [6, 6.07) is 0. The Morgan fingerprint density at radius 1 is 0.571 bits per heavy atom. The van der Waals surface area contributed by atoms with Crippen LogP contribution in [0.3, 0.4) is 0 Å². The minimum absolute atomic E-state index is 0.426. The van der Waals surface area contributed by atoms with Gasteiger partial charge < -0.3 is 5.32 Å². The van der Waals surface area contributed by atoms with E-state index in [1.165, 1.54) is 96.4 Å². The molecule has 0 heterocycles. The summed E-state index contributed by atoms with van der Waals surface area (Å²) < 4.78 is 0. The standard InChI is InChI=1S/C20H43N/c1-5-9-11-13-14-15-16-18-20(7-3,8-4)21-19-17-12-10-6-2/h21H,5-19H2,1-4H3. The summed E-state index contributed by atoms with van der Waals surface area (Å²) >= 11 is 0. The number of hydrogen-bond donors (Lipinski definition) is 1. The molecule has 0 aromatic rings. The Labute approximate surface area is 135 Å². The highest BCUT2D eigenvalue weighted by atomic mass is 15.0. The average molecular weight is 298 g/mol. The van der Waals surface area contributed by atoms with Crippen molar-refractivity contribution in [3.63, 3.8) is 0 Å². The van der Waals surface area contributed by atoms with E-state index in [4.69, 9.17) is 0 Å². The highest BCUT2D eigenvalue weighted by Crippen LogP contribution is 2.23. The van der Waals surface area contributed by atoms with E-state index in [1.54, 1.807) is 0 Å². The molecule has 0 aliphatic carbocycles. The summed E-state index contributed by atoms with van der Waals surface area (Å²) in [5, 5.41) is 3.90. The molecule has 1 heteroatoms. The van der Waals surface area contributed by atoms with E-state index in [0.717, 1.165) is 0 Å². The molecule has 128 valence electrons. The van der Waals surface area contributed by atoms with Gasteiger partial charge in [0, 0.05) is 5.54 Å². The van der Waals surface area contributed by atoms with Crippen molar-refractivity contribution in [1.82, 2.24) is 5.32 Å². The van der Waals surface area contributed by atoms with E-state index in [2.05, 4.69) is 33.0 Å². The summed E-state index contributed by atoms with van der Waals surface area (Å²) in [4.78, 5) is 0. The molecule has 0 unspecified atom stereocenters. The van der Waals surface area contributed by atoms with E-state index in [9.17, 15) is 0 Å². The second-order valence-corrected chi connectivity index (χ2v) is 6.85. The zero-order valence-electron chi connectivity index (χ0n) is 15.6. The summed E-state index contributed by atoms with van der Waals surface area (Å²) in [5.74, 6) is 0. The van der Waals surface area contributed by atoms with Crippen molar-refractivity contribution in [3.8, 4) is 0 Å². The summed E-state index contributed by atoms with van der Waals surface area (Å²) in [7, 11) is 0. The molecule has 0 spiro atoms. The molecular formula is C20H43N. The number of nitrogens with one attached hydrogen (secondary N) is 1. The lowest BCUT2D eigenvalue weighted by Crippen LogP contribution is -2.44. The summed E-state index contributed by atoms with van der Waals surface area (Å²) in [5.41, 5.74) is 0.426. The first-order valence-corrected chi connectivity index (χ1v) is 9.99. The molecule has 0 aromatic carbocycles. The minimum Gasteiger partial charge on any atom is -0.311 e. The molecule has 0 aliphatic heterocycles. The molecule has 0 aromatic heterocycles. The lowest BCUT2D eigenvalue weighted by Gasteiger charge is -2.33. The Kier molecular flexibility index (Phi) is 14.9. The van der Waals surface area contributed by atoms with Gasteiger partial charge in [0.1, 0.15) is 0 Å². The molecule has 0 saturated carbocycles. The molecule has 21 heavy (non-hydrogen) atoms. The molecule has 0 radical (unpaired) electrons. The van der Waals surface area contributed by atoms with Crippen LogP contribution in [0.25, 0.3) is 0 Å². The molecule has 0 saturated heterocycles. The van der Waals surface area contributed by atoms with Crippen LogP contribution >= 0.6 is 0 Å². The Hall–Kier alpha value is -0.0400. The van der Waals surface area contributed by atoms with Crippen molar-refractivity contribution in [1.29, 1.82) is 0 Å². The maximum Gasteiger partial charge on any atom is 0.0176 e. The Balaban J connectivity index is 3.77. The third-order valence-electron chi connectivity index (χ3n) is 5.14. The Morgan fingerprint density at radius 3 is 1.57 bits per heavy atom. The van der Waals surface area contributed by atoms with Crippen LogP contribution in [0.4, 0.5) is 0 Å². The van der Waals surface area contributed by atoms with Crippen LogP contribution in [0.5, 0.6) is 0 Å². The number of hydrogen-bond acceptors (Lipinski definition) is 1. The monoisotopic (exact) mass is 297 g/mol. The largest absolute Gasteiger partial charge is 0.311 e. The van der Waals surface area contributed by atoms with E-state index >= 15 is 0 Å². The van der Waals surface area contributed by atoms with Gasteiger partial charge in [-0.1, -0.05) is 91.9 Å². The molecule has 0 aliphatic rings. The Morgan fingerprint density at radius 2 is 1.05 bits per heavy atom. The zero-order chi connectivity index (χ0) is 15.8.